The molecule has 2 aromatic carbocycles. The van der Waals surface area contributed by atoms with Crippen molar-refractivity contribution < 1.29 is 24.2 Å². The van der Waals surface area contributed by atoms with Gasteiger partial charge in [0.05, 0.1) is 33.9 Å². The van der Waals surface area contributed by atoms with Crippen LogP contribution in [-0.2, 0) is 14.4 Å². The molecule has 3 heterocycles. The van der Waals surface area contributed by atoms with Crippen LogP contribution in [0.4, 0.5) is 11.4 Å². The number of carbonyl (C=O) groups excluding carboxylic acids is 3. The summed E-state index contributed by atoms with van der Waals surface area (Å²) in [6.07, 6.45) is 4.96. The number of rotatable bonds is 13. The molecule has 2 aromatic rings. The van der Waals surface area contributed by atoms with Gasteiger partial charge in [0.2, 0.25) is 11.8 Å². The van der Waals surface area contributed by atoms with Crippen LogP contribution in [0.15, 0.2) is 67.8 Å². The zero-order valence-corrected chi connectivity index (χ0v) is 27.8. The molecule has 10 heteroatoms. The third kappa shape index (κ3) is 5.57. The van der Waals surface area contributed by atoms with Gasteiger partial charge >= 0.3 is 0 Å². The largest absolute Gasteiger partial charge is 0.494 e. The number of hydrogen-bond donors (Lipinski definition) is 1. The van der Waals surface area contributed by atoms with Gasteiger partial charge < -0.3 is 24.5 Å². The zero-order chi connectivity index (χ0) is 32.5. The number of benzene rings is 2. The van der Waals surface area contributed by atoms with Crippen LogP contribution in [0.3, 0.4) is 0 Å². The molecular weight excluding hydrogens is 610 g/mol. The van der Waals surface area contributed by atoms with E-state index in [1.807, 2.05) is 50.2 Å². The van der Waals surface area contributed by atoms with Crippen LogP contribution < -0.4 is 14.5 Å². The number of aliphatic hydroxyl groups is 1. The number of aliphatic hydroxyl groups excluding tert-OH is 1. The smallest absolute Gasteiger partial charge is 0.251 e. The minimum absolute atomic E-state index is 0.125. The van der Waals surface area contributed by atoms with E-state index in [2.05, 4.69) is 20.1 Å². The second kappa shape index (κ2) is 13.2. The molecule has 8 nitrogen and oxygen atoms in total. The number of carbonyl (C=O) groups is 3. The second-order valence-electron chi connectivity index (χ2n) is 12.1. The van der Waals surface area contributed by atoms with Crippen molar-refractivity contribution >= 4 is 52.5 Å². The molecule has 2 unspecified atom stereocenters. The Morgan fingerprint density at radius 3 is 2.42 bits per heavy atom. The Bertz CT molecular complexity index is 1460. The predicted octanol–water partition coefficient (Wildman–Crippen LogP) is 5.65. The summed E-state index contributed by atoms with van der Waals surface area (Å²) >= 11 is 8.29. The van der Waals surface area contributed by atoms with Gasteiger partial charge in [0.15, 0.2) is 0 Å². The number of ether oxygens (including phenoxy) is 1. The molecule has 3 amide bonds. The van der Waals surface area contributed by atoms with Crippen LogP contribution >= 0.6 is 23.4 Å². The van der Waals surface area contributed by atoms with Gasteiger partial charge in [-0.15, -0.1) is 24.9 Å². The lowest BCUT2D eigenvalue weighted by Crippen LogP contribution is -2.55. The summed E-state index contributed by atoms with van der Waals surface area (Å²) in [5, 5.41) is 10.2. The number of aryl methyl sites for hydroxylation is 1. The van der Waals surface area contributed by atoms with E-state index in [9.17, 15) is 19.5 Å². The minimum Gasteiger partial charge on any atom is -0.494 e. The Labute approximate surface area is 275 Å². The summed E-state index contributed by atoms with van der Waals surface area (Å²) in [4.78, 5) is 49.0. The maximum Gasteiger partial charge on any atom is 0.251 e. The number of nitrogens with zero attached hydrogens (tertiary/aromatic N) is 3. The third-order valence-electron chi connectivity index (χ3n) is 9.41. The molecule has 0 aliphatic carbocycles. The van der Waals surface area contributed by atoms with Crippen molar-refractivity contribution in [2.75, 3.05) is 42.6 Å². The highest BCUT2D eigenvalue weighted by Crippen LogP contribution is 2.71. The molecule has 5 atom stereocenters. The summed E-state index contributed by atoms with van der Waals surface area (Å²) < 4.78 is 4.24. The van der Waals surface area contributed by atoms with Crippen molar-refractivity contribution in [2.45, 2.75) is 55.6 Å². The highest BCUT2D eigenvalue weighted by molar-refractivity contribution is 8.02. The van der Waals surface area contributed by atoms with Crippen molar-refractivity contribution in [3.8, 4) is 5.75 Å². The van der Waals surface area contributed by atoms with E-state index in [1.54, 1.807) is 44.7 Å². The molecule has 5 rings (SSSR count). The first kappa shape index (κ1) is 33.1. The Morgan fingerprint density at radius 2 is 1.80 bits per heavy atom. The molecule has 1 N–H and O–H groups in total. The first-order valence-electron chi connectivity index (χ1n) is 15.5. The van der Waals surface area contributed by atoms with Gasteiger partial charge in [-0.25, -0.2) is 0 Å². The lowest BCUT2D eigenvalue weighted by molar-refractivity contribution is -0.139. The molecule has 0 aromatic heterocycles. The SMILES string of the molecule is C=CCN(C(=O)[C@@H]1[C@H]2C(=O)N(CCCO)C(C(=O)N(CC=C)c3c(C)cccc3Cl)C23CC[C@@]1(C)S3)c1ccc(OCC)cc1. The van der Waals surface area contributed by atoms with E-state index in [4.69, 9.17) is 16.3 Å². The third-order valence-corrected chi connectivity index (χ3v) is 11.7. The van der Waals surface area contributed by atoms with Crippen molar-refractivity contribution in [3.05, 3.63) is 78.4 Å². The number of hydrogen-bond acceptors (Lipinski definition) is 6. The lowest BCUT2D eigenvalue weighted by Gasteiger charge is -2.38. The molecular formula is C35H42ClN3O5S. The monoisotopic (exact) mass is 651 g/mol. The molecule has 0 saturated carbocycles. The molecule has 3 saturated heterocycles. The molecule has 45 heavy (non-hydrogen) atoms. The van der Waals surface area contributed by atoms with E-state index in [1.165, 1.54) is 0 Å². The van der Waals surface area contributed by atoms with Crippen LogP contribution in [-0.4, -0.2) is 76.1 Å². The number of anilines is 2. The van der Waals surface area contributed by atoms with Gasteiger partial charge in [0.25, 0.3) is 5.91 Å². The molecule has 3 aliphatic heterocycles. The van der Waals surface area contributed by atoms with Crippen molar-refractivity contribution in [1.29, 1.82) is 0 Å². The lowest BCUT2D eigenvalue weighted by atomic mass is 9.66. The molecule has 2 bridgehead atoms. The second-order valence-corrected chi connectivity index (χ2v) is 14.4. The van der Waals surface area contributed by atoms with E-state index in [0.717, 1.165) is 5.56 Å². The Kier molecular flexibility index (Phi) is 9.73. The summed E-state index contributed by atoms with van der Waals surface area (Å²) in [5.74, 6) is -1.27. The normalized spacial score (nSPS) is 26.5. The van der Waals surface area contributed by atoms with Crippen LogP contribution in [0, 0.1) is 18.8 Å². The Hall–Kier alpha value is -3.27. The van der Waals surface area contributed by atoms with Gasteiger partial charge in [-0.05, 0) is 75.9 Å². The minimum atomic E-state index is -0.833. The average Bonchev–Trinajstić information content (AvgIpc) is 3.58. The number of para-hydroxylation sites is 1. The number of fused-ring (bicyclic) bond motifs is 1. The summed E-state index contributed by atoms with van der Waals surface area (Å²) in [6.45, 7) is 14.8. The van der Waals surface area contributed by atoms with Crippen LogP contribution in [0.5, 0.6) is 5.75 Å². The first-order chi connectivity index (χ1) is 21.6. The molecule has 1 spiro atoms. The maximum absolute atomic E-state index is 14.8. The standard InChI is InChI=1S/C35H42ClN3O5S/c1-6-19-37(24-13-15-25(16-14-24)44-8-3)31(41)27-28-32(42)39(21-10-22-40)30(35(28)18-17-34(27,5)45-35)33(43)38(20-7-2)29-23(4)11-9-12-26(29)36/h6-7,9,11-16,27-28,30,40H,1-2,8,10,17-22H2,3-5H3/t27-,28-,30?,34+,35?/m0/s1. The predicted molar refractivity (Wildman–Crippen MR) is 181 cm³/mol. The number of thioether (sulfide) groups is 1. The highest BCUT2D eigenvalue weighted by atomic mass is 35.5. The molecule has 3 fully saturated rings. The van der Waals surface area contributed by atoms with Gasteiger partial charge in [-0.2, -0.15) is 0 Å². The van der Waals surface area contributed by atoms with Crippen molar-refractivity contribution in [1.82, 2.24) is 4.90 Å². The van der Waals surface area contributed by atoms with Gasteiger partial charge in [0, 0.05) is 36.7 Å². The van der Waals surface area contributed by atoms with Crippen LogP contribution in [0.25, 0.3) is 0 Å². The fraction of sp³-hybridized carbons (Fsp3) is 0.457. The zero-order valence-electron chi connectivity index (χ0n) is 26.2. The van der Waals surface area contributed by atoms with Crippen molar-refractivity contribution in [2.24, 2.45) is 11.8 Å². The summed E-state index contributed by atoms with van der Waals surface area (Å²) in [7, 11) is 0. The first-order valence-corrected chi connectivity index (χ1v) is 16.7. The number of likely N-dealkylation sites (tertiary alicyclic amines) is 1. The highest BCUT2D eigenvalue weighted by Gasteiger charge is 2.77. The summed E-state index contributed by atoms with van der Waals surface area (Å²) in [6, 6.07) is 12.0. The van der Waals surface area contributed by atoms with Gasteiger partial charge in [0.1, 0.15) is 11.8 Å². The molecule has 240 valence electrons. The Balaban J connectivity index is 1.58. The average molecular weight is 652 g/mol. The summed E-state index contributed by atoms with van der Waals surface area (Å²) in [5.41, 5.74) is 2.11. The fourth-order valence-corrected chi connectivity index (χ4v) is 10.3. The van der Waals surface area contributed by atoms with Gasteiger partial charge in [-0.3, -0.25) is 14.4 Å². The maximum atomic E-state index is 14.8. The van der Waals surface area contributed by atoms with E-state index >= 15 is 0 Å². The molecule has 3 aliphatic rings. The van der Waals surface area contributed by atoms with Gasteiger partial charge in [-0.1, -0.05) is 35.9 Å². The van der Waals surface area contributed by atoms with E-state index < -0.39 is 27.4 Å². The number of amides is 3. The fourth-order valence-electron chi connectivity index (χ4n) is 7.60. The van der Waals surface area contributed by atoms with Crippen molar-refractivity contribution in [3.63, 3.8) is 0 Å². The topological polar surface area (TPSA) is 90.4 Å². The molecule has 0 radical (unpaired) electrons. The quantitative estimate of drug-likeness (QED) is 0.282. The van der Waals surface area contributed by atoms with Crippen LogP contribution in [0.2, 0.25) is 5.02 Å². The van der Waals surface area contributed by atoms with Crippen LogP contribution in [0.1, 0.15) is 38.7 Å². The number of halogens is 1. The van der Waals surface area contributed by atoms with E-state index in [0.29, 0.717) is 48.0 Å². The van der Waals surface area contributed by atoms with E-state index in [-0.39, 0.29) is 44.0 Å². The Morgan fingerprint density at radius 1 is 1.11 bits per heavy atom.